The molecule has 1 saturated heterocycles. The fourth-order valence-corrected chi connectivity index (χ4v) is 4.06. The molecule has 0 aromatic heterocycles. The minimum absolute atomic E-state index is 0.0480. The molecular weight excluding hydrogens is 351 g/mol. The van der Waals surface area contributed by atoms with Crippen LogP contribution in [0.25, 0.3) is 0 Å². The van der Waals surface area contributed by atoms with E-state index < -0.39 is 17.3 Å². The molecule has 1 aliphatic heterocycles. The van der Waals surface area contributed by atoms with Crippen LogP contribution in [0.5, 0.6) is 0 Å². The molecule has 2 aliphatic rings. The Hall–Kier alpha value is -2.44. The minimum Gasteiger partial charge on any atom is -0.481 e. The first-order chi connectivity index (χ1) is 12.8. The summed E-state index contributed by atoms with van der Waals surface area (Å²) in [5, 5.41) is 9.05. The maximum Gasteiger partial charge on any atom is 0.306 e. The van der Waals surface area contributed by atoms with Crippen LogP contribution in [-0.4, -0.2) is 59.4 Å². The van der Waals surface area contributed by atoms with Gasteiger partial charge in [-0.15, -0.1) is 0 Å². The van der Waals surface area contributed by atoms with Crippen molar-refractivity contribution in [1.82, 2.24) is 9.80 Å². The van der Waals surface area contributed by atoms with Gasteiger partial charge in [0.1, 0.15) is 5.82 Å². The van der Waals surface area contributed by atoms with Gasteiger partial charge in [0, 0.05) is 20.1 Å². The lowest BCUT2D eigenvalue weighted by Crippen LogP contribution is -2.53. The van der Waals surface area contributed by atoms with Crippen molar-refractivity contribution in [3.63, 3.8) is 0 Å². The molecule has 1 N–H and O–H groups in total. The Labute approximate surface area is 157 Å². The first-order valence-electron chi connectivity index (χ1n) is 9.36. The molecule has 146 valence electrons. The number of carboxylic acids is 1. The van der Waals surface area contributed by atoms with Crippen LogP contribution in [0.2, 0.25) is 0 Å². The highest BCUT2D eigenvalue weighted by Gasteiger charge is 2.47. The molecule has 0 spiro atoms. The Morgan fingerprint density at radius 3 is 2.44 bits per heavy atom. The zero-order valence-electron chi connectivity index (χ0n) is 15.5. The van der Waals surface area contributed by atoms with Crippen LogP contribution in [0.15, 0.2) is 24.3 Å². The predicted molar refractivity (Wildman–Crippen MR) is 96.5 cm³/mol. The van der Waals surface area contributed by atoms with Crippen molar-refractivity contribution in [2.24, 2.45) is 5.92 Å². The van der Waals surface area contributed by atoms with E-state index in [1.165, 1.54) is 17.0 Å². The van der Waals surface area contributed by atoms with Gasteiger partial charge in [-0.25, -0.2) is 4.39 Å². The van der Waals surface area contributed by atoms with Crippen molar-refractivity contribution in [3.8, 4) is 0 Å². The van der Waals surface area contributed by atoms with Crippen molar-refractivity contribution in [3.05, 3.63) is 35.6 Å². The smallest absolute Gasteiger partial charge is 0.306 e. The molecule has 3 rings (SSSR count). The average Bonchev–Trinajstić information content (AvgIpc) is 2.60. The highest BCUT2D eigenvalue weighted by Crippen LogP contribution is 2.45. The third kappa shape index (κ3) is 3.82. The summed E-state index contributed by atoms with van der Waals surface area (Å²) < 4.78 is 13.6. The van der Waals surface area contributed by atoms with Crippen LogP contribution in [0.3, 0.4) is 0 Å². The number of carbonyl (C=O) groups is 3. The lowest BCUT2D eigenvalue weighted by molar-refractivity contribution is -0.148. The van der Waals surface area contributed by atoms with E-state index in [1.807, 2.05) is 0 Å². The number of carboxylic acid groups (broad SMARTS) is 1. The van der Waals surface area contributed by atoms with Crippen LogP contribution in [0.1, 0.15) is 37.7 Å². The number of nitrogens with zero attached hydrogens (tertiary/aromatic N) is 2. The Balaban J connectivity index is 1.63. The number of piperidine rings is 1. The fraction of sp³-hybridized carbons (Fsp3) is 0.550. The van der Waals surface area contributed by atoms with Gasteiger partial charge in [0.15, 0.2) is 0 Å². The van der Waals surface area contributed by atoms with Crippen LogP contribution in [-0.2, 0) is 19.8 Å². The summed E-state index contributed by atoms with van der Waals surface area (Å²) >= 11 is 0. The van der Waals surface area contributed by atoms with Gasteiger partial charge in [-0.05, 0) is 43.4 Å². The van der Waals surface area contributed by atoms with Crippen molar-refractivity contribution < 1.29 is 23.9 Å². The van der Waals surface area contributed by atoms with E-state index in [-0.39, 0.29) is 24.2 Å². The van der Waals surface area contributed by atoms with Crippen LogP contribution in [0.4, 0.5) is 4.39 Å². The summed E-state index contributed by atoms with van der Waals surface area (Å²) in [4.78, 5) is 39.7. The maximum atomic E-state index is 13.6. The molecule has 1 saturated carbocycles. The Kier molecular flexibility index (Phi) is 5.48. The van der Waals surface area contributed by atoms with E-state index in [4.69, 9.17) is 5.11 Å². The zero-order chi connectivity index (χ0) is 19.6. The van der Waals surface area contributed by atoms with Gasteiger partial charge in [0.25, 0.3) is 0 Å². The minimum atomic E-state index is -0.823. The molecule has 0 bridgehead atoms. The van der Waals surface area contributed by atoms with E-state index in [0.717, 1.165) is 6.42 Å². The lowest BCUT2D eigenvalue weighted by atomic mass is 9.63. The quantitative estimate of drug-likeness (QED) is 0.853. The highest BCUT2D eigenvalue weighted by molar-refractivity contribution is 5.92. The summed E-state index contributed by atoms with van der Waals surface area (Å²) in [6.07, 6.45) is 3.07. The maximum absolute atomic E-state index is 13.6. The predicted octanol–water partition coefficient (Wildman–Crippen LogP) is 2.03. The molecular formula is C20H25FN2O4. The normalized spacial score (nSPS) is 19.3. The molecule has 1 heterocycles. The summed E-state index contributed by atoms with van der Waals surface area (Å²) in [7, 11) is 1.60. The number of rotatable bonds is 5. The molecule has 6 nitrogen and oxygen atoms in total. The summed E-state index contributed by atoms with van der Waals surface area (Å²) in [6, 6.07) is 6.14. The van der Waals surface area contributed by atoms with Crippen LogP contribution >= 0.6 is 0 Å². The van der Waals surface area contributed by atoms with Gasteiger partial charge in [-0.2, -0.15) is 0 Å². The summed E-state index contributed by atoms with van der Waals surface area (Å²) in [5.41, 5.74) is -0.0757. The van der Waals surface area contributed by atoms with E-state index in [2.05, 4.69) is 0 Å². The van der Waals surface area contributed by atoms with Crippen molar-refractivity contribution in [1.29, 1.82) is 0 Å². The van der Waals surface area contributed by atoms with Crippen molar-refractivity contribution >= 4 is 17.8 Å². The molecule has 7 heteroatoms. The number of hydrogen-bond donors (Lipinski definition) is 1. The second-order valence-corrected chi connectivity index (χ2v) is 7.60. The topological polar surface area (TPSA) is 77.9 Å². The number of likely N-dealkylation sites (N-methyl/N-ethyl adjacent to an activating group) is 1. The number of aliphatic carboxylic acids is 1. The second kappa shape index (κ2) is 7.66. The monoisotopic (exact) mass is 376 g/mol. The summed E-state index contributed by atoms with van der Waals surface area (Å²) in [5.74, 6) is -1.93. The van der Waals surface area contributed by atoms with Gasteiger partial charge in [-0.3, -0.25) is 14.4 Å². The van der Waals surface area contributed by atoms with Crippen LogP contribution in [0, 0.1) is 11.7 Å². The van der Waals surface area contributed by atoms with E-state index in [1.54, 1.807) is 24.1 Å². The third-order valence-corrected chi connectivity index (χ3v) is 5.91. The first-order valence-corrected chi connectivity index (χ1v) is 9.36. The van der Waals surface area contributed by atoms with Gasteiger partial charge < -0.3 is 14.9 Å². The Morgan fingerprint density at radius 2 is 1.93 bits per heavy atom. The fourth-order valence-electron chi connectivity index (χ4n) is 4.06. The molecule has 2 fully saturated rings. The molecule has 1 aromatic rings. The zero-order valence-corrected chi connectivity index (χ0v) is 15.5. The largest absolute Gasteiger partial charge is 0.481 e. The van der Waals surface area contributed by atoms with Crippen molar-refractivity contribution in [2.75, 3.05) is 26.7 Å². The Morgan fingerprint density at radius 1 is 1.26 bits per heavy atom. The molecule has 2 amide bonds. The number of hydrogen-bond acceptors (Lipinski definition) is 3. The number of halogens is 1. The SMILES string of the molecule is CN(CC(=O)N1CCC(C(=O)O)CC1)C(=O)C1(c2cccc(F)c2)CCC1. The highest BCUT2D eigenvalue weighted by atomic mass is 19.1. The average molecular weight is 376 g/mol. The molecule has 0 atom stereocenters. The van der Waals surface area contributed by atoms with Crippen LogP contribution < -0.4 is 0 Å². The Bertz CT molecular complexity index is 739. The molecule has 0 radical (unpaired) electrons. The van der Waals surface area contributed by atoms with Crippen molar-refractivity contribution in [2.45, 2.75) is 37.5 Å². The van der Waals surface area contributed by atoms with E-state index in [0.29, 0.717) is 44.3 Å². The first kappa shape index (κ1) is 19.3. The van der Waals surface area contributed by atoms with Gasteiger partial charge >= 0.3 is 5.97 Å². The lowest BCUT2D eigenvalue weighted by Gasteiger charge is -2.43. The number of carbonyl (C=O) groups excluding carboxylic acids is 2. The van der Waals surface area contributed by atoms with E-state index in [9.17, 15) is 18.8 Å². The van der Waals surface area contributed by atoms with E-state index >= 15 is 0 Å². The van der Waals surface area contributed by atoms with Gasteiger partial charge in [0.05, 0.1) is 17.9 Å². The number of benzene rings is 1. The van der Waals surface area contributed by atoms with Gasteiger partial charge in [-0.1, -0.05) is 18.6 Å². The molecule has 1 aliphatic carbocycles. The third-order valence-electron chi connectivity index (χ3n) is 5.91. The molecule has 0 unspecified atom stereocenters. The number of amides is 2. The standard InChI is InChI=1S/C20H25FN2O4/c1-22(13-17(24)23-10-6-14(7-11-23)18(25)26)19(27)20(8-3-9-20)15-4-2-5-16(21)12-15/h2,4-5,12,14H,3,6-11,13H2,1H3,(H,25,26). The second-order valence-electron chi connectivity index (χ2n) is 7.60. The molecule has 1 aromatic carbocycles. The number of likely N-dealkylation sites (tertiary alicyclic amines) is 1. The molecule has 27 heavy (non-hydrogen) atoms. The van der Waals surface area contributed by atoms with Gasteiger partial charge in [0.2, 0.25) is 11.8 Å². The summed E-state index contributed by atoms with van der Waals surface area (Å²) in [6.45, 7) is 0.743.